The summed E-state index contributed by atoms with van der Waals surface area (Å²) in [7, 11) is 0. The van der Waals surface area contributed by atoms with Gasteiger partial charge in [0.2, 0.25) is 0 Å². The normalized spacial score (nSPS) is 21.1. The second-order valence-corrected chi connectivity index (χ2v) is 4.37. The van der Waals surface area contributed by atoms with Crippen molar-refractivity contribution < 1.29 is 0 Å². The van der Waals surface area contributed by atoms with Crippen LogP contribution in [0.15, 0.2) is 42.7 Å². The molecule has 2 atom stereocenters. The molecule has 2 unspecified atom stereocenters. The summed E-state index contributed by atoms with van der Waals surface area (Å²) in [6.45, 7) is 0. The molecule has 2 aromatic rings. The van der Waals surface area contributed by atoms with Crippen LogP contribution in [0.5, 0.6) is 0 Å². The number of nitrogens with zero attached hydrogens (tertiary/aromatic N) is 3. The third kappa shape index (κ3) is 2.03. The summed E-state index contributed by atoms with van der Waals surface area (Å²) in [6.07, 6.45) is 4.21. The summed E-state index contributed by atoms with van der Waals surface area (Å²) < 4.78 is 0. The van der Waals surface area contributed by atoms with Crippen LogP contribution in [-0.4, -0.2) is 16.0 Å². The zero-order valence-electron chi connectivity index (χ0n) is 9.74. The third-order valence-corrected chi connectivity index (χ3v) is 3.14. The van der Waals surface area contributed by atoms with Crippen molar-refractivity contribution in [3.05, 3.63) is 54.0 Å². The molecule has 0 radical (unpaired) electrons. The minimum absolute atomic E-state index is 0.358. The minimum atomic E-state index is 0.358. The van der Waals surface area contributed by atoms with E-state index in [9.17, 15) is 0 Å². The van der Waals surface area contributed by atoms with Gasteiger partial charge in [-0.15, -0.1) is 0 Å². The van der Waals surface area contributed by atoms with Crippen molar-refractivity contribution >= 4 is 5.82 Å². The Morgan fingerprint density at radius 3 is 2.72 bits per heavy atom. The Morgan fingerprint density at radius 1 is 1.17 bits per heavy atom. The lowest BCUT2D eigenvalue weighted by atomic mass is 10.1. The molecule has 0 saturated heterocycles. The Labute approximate surface area is 105 Å². The van der Waals surface area contributed by atoms with Gasteiger partial charge in [-0.1, -0.05) is 30.3 Å². The molecule has 1 N–H and O–H groups in total. The molecule has 1 saturated carbocycles. The van der Waals surface area contributed by atoms with Crippen molar-refractivity contribution in [2.24, 2.45) is 0 Å². The molecule has 1 aromatic heterocycles. The second-order valence-electron chi connectivity index (χ2n) is 4.37. The number of anilines is 1. The van der Waals surface area contributed by atoms with Crippen LogP contribution in [0.1, 0.15) is 23.6 Å². The molecule has 4 nitrogen and oxygen atoms in total. The molecule has 1 aliphatic rings. The summed E-state index contributed by atoms with van der Waals surface area (Å²) >= 11 is 0. The molecule has 0 amide bonds. The highest BCUT2D eigenvalue weighted by atomic mass is 15.1. The highest BCUT2D eigenvalue weighted by Crippen LogP contribution is 2.42. The van der Waals surface area contributed by atoms with Gasteiger partial charge < -0.3 is 5.32 Å². The van der Waals surface area contributed by atoms with E-state index in [1.165, 1.54) is 11.8 Å². The van der Waals surface area contributed by atoms with Crippen LogP contribution in [0.4, 0.5) is 5.82 Å². The Balaban J connectivity index is 1.72. The van der Waals surface area contributed by atoms with Gasteiger partial charge in [0, 0.05) is 24.4 Å². The van der Waals surface area contributed by atoms with Gasteiger partial charge in [-0.25, -0.2) is 9.97 Å². The monoisotopic (exact) mass is 236 g/mol. The fourth-order valence-electron chi connectivity index (χ4n) is 2.12. The van der Waals surface area contributed by atoms with Gasteiger partial charge in [0.05, 0.1) is 0 Å². The first-order chi connectivity index (χ1) is 8.88. The summed E-state index contributed by atoms with van der Waals surface area (Å²) in [6, 6.07) is 12.8. The maximum Gasteiger partial charge on any atom is 0.182 e. The molecule has 88 valence electrons. The molecule has 1 fully saturated rings. The Morgan fingerprint density at radius 2 is 1.94 bits per heavy atom. The number of benzene rings is 1. The first kappa shape index (κ1) is 10.7. The van der Waals surface area contributed by atoms with Crippen molar-refractivity contribution in [1.29, 1.82) is 5.26 Å². The van der Waals surface area contributed by atoms with Crippen LogP contribution in [0.25, 0.3) is 0 Å². The van der Waals surface area contributed by atoms with Crippen LogP contribution in [0.2, 0.25) is 0 Å². The Kier molecular flexibility index (Phi) is 2.66. The van der Waals surface area contributed by atoms with E-state index >= 15 is 0 Å². The summed E-state index contributed by atoms with van der Waals surface area (Å²) in [4.78, 5) is 8.15. The van der Waals surface area contributed by atoms with E-state index in [2.05, 4.69) is 27.4 Å². The molecule has 4 heteroatoms. The number of hydrogen-bond acceptors (Lipinski definition) is 4. The maximum absolute atomic E-state index is 8.94. The van der Waals surface area contributed by atoms with E-state index in [1.807, 2.05) is 24.3 Å². The van der Waals surface area contributed by atoms with Crippen LogP contribution in [0, 0.1) is 11.3 Å². The van der Waals surface area contributed by atoms with E-state index in [0.717, 1.165) is 6.42 Å². The molecule has 1 aliphatic carbocycles. The van der Waals surface area contributed by atoms with Crippen LogP contribution in [-0.2, 0) is 0 Å². The van der Waals surface area contributed by atoms with Gasteiger partial charge in [0.1, 0.15) is 6.07 Å². The first-order valence-corrected chi connectivity index (χ1v) is 5.91. The van der Waals surface area contributed by atoms with Crippen molar-refractivity contribution in [3.63, 3.8) is 0 Å². The number of nitriles is 1. The standard InChI is InChI=1S/C14H12N4/c15-9-13-14(17-7-6-16-13)18-12-8-11(12)10-4-2-1-3-5-10/h1-7,11-12H,8H2,(H,17,18). The van der Waals surface area contributed by atoms with Crippen molar-refractivity contribution in [1.82, 2.24) is 9.97 Å². The lowest BCUT2D eigenvalue weighted by molar-refractivity contribution is 1.02. The van der Waals surface area contributed by atoms with Crippen LogP contribution >= 0.6 is 0 Å². The van der Waals surface area contributed by atoms with E-state index in [-0.39, 0.29) is 0 Å². The second kappa shape index (κ2) is 4.46. The van der Waals surface area contributed by atoms with Gasteiger partial charge in [-0.3, -0.25) is 0 Å². The van der Waals surface area contributed by atoms with Gasteiger partial charge in [0.15, 0.2) is 11.5 Å². The molecular weight excluding hydrogens is 224 g/mol. The average Bonchev–Trinajstić information content (AvgIpc) is 3.20. The Bertz CT molecular complexity index is 588. The van der Waals surface area contributed by atoms with Crippen molar-refractivity contribution in [2.75, 3.05) is 5.32 Å². The zero-order valence-corrected chi connectivity index (χ0v) is 9.74. The number of rotatable bonds is 3. The fraction of sp³-hybridized carbons (Fsp3) is 0.214. The largest absolute Gasteiger partial charge is 0.364 e. The van der Waals surface area contributed by atoms with Gasteiger partial charge >= 0.3 is 0 Å². The maximum atomic E-state index is 8.94. The van der Waals surface area contributed by atoms with Gasteiger partial charge in [0.25, 0.3) is 0 Å². The summed E-state index contributed by atoms with van der Waals surface area (Å²) in [5.74, 6) is 1.10. The van der Waals surface area contributed by atoms with E-state index < -0.39 is 0 Å². The number of hydrogen-bond donors (Lipinski definition) is 1. The van der Waals surface area contributed by atoms with E-state index in [1.54, 1.807) is 6.20 Å². The van der Waals surface area contributed by atoms with E-state index in [0.29, 0.717) is 23.5 Å². The molecule has 0 bridgehead atoms. The summed E-state index contributed by atoms with van der Waals surface area (Å²) in [5.41, 5.74) is 1.69. The van der Waals surface area contributed by atoms with Gasteiger partial charge in [-0.2, -0.15) is 5.26 Å². The van der Waals surface area contributed by atoms with E-state index in [4.69, 9.17) is 5.26 Å². The summed E-state index contributed by atoms with van der Waals surface area (Å²) in [5, 5.41) is 12.2. The topological polar surface area (TPSA) is 61.6 Å². The fourth-order valence-corrected chi connectivity index (χ4v) is 2.12. The third-order valence-electron chi connectivity index (χ3n) is 3.14. The van der Waals surface area contributed by atoms with Gasteiger partial charge in [-0.05, 0) is 12.0 Å². The molecular formula is C14H12N4. The molecule has 18 heavy (non-hydrogen) atoms. The molecule has 1 heterocycles. The first-order valence-electron chi connectivity index (χ1n) is 5.91. The van der Waals surface area contributed by atoms with Crippen molar-refractivity contribution in [3.8, 4) is 6.07 Å². The number of aromatic nitrogens is 2. The molecule has 3 rings (SSSR count). The van der Waals surface area contributed by atoms with Crippen LogP contribution in [0.3, 0.4) is 0 Å². The van der Waals surface area contributed by atoms with Crippen molar-refractivity contribution in [2.45, 2.75) is 18.4 Å². The molecule has 0 aliphatic heterocycles. The average molecular weight is 236 g/mol. The lowest BCUT2D eigenvalue weighted by Gasteiger charge is -2.05. The Hall–Kier alpha value is -2.41. The predicted octanol–water partition coefficient (Wildman–Crippen LogP) is 2.32. The number of nitrogens with one attached hydrogen (secondary N) is 1. The van der Waals surface area contributed by atoms with Crippen LogP contribution < -0.4 is 5.32 Å². The lowest BCUT2D eigenvalue weighted by Crippen LogP contribution is -2.08. The SMILES string of the molecule is N#Cc1nccnc1NC1CC1c1ccccc1. The molecule has 0 spiro atoms. The molecule has 1 aromatic carbocycles. The smallest absolute Gasteiger partial charge is 0.182 e. The highest BCUT2D eigenvalue weighted by Gasteiger charge is 2.38. The predicted molar refractivity (Wildman–Crippen MR) is 68.0 cm³/mol. The zero-order chi connectivity index (χ0) is 12.4. The quantitative estimate of drug-likeness (QED) is 0.888. The highest BCUT2D eigenvalue weighted by molar-refractivity contribution is 5.50. The minimum Gasteiger partial charge on any atom is -0.364 e.